The Morgan fingerprint density at radius 1 is 1.47 bits per heavy atom. The Morgan fingerprint density at radius 3 is 2.89 bits per heavy atom. The summed E-state index contributed by atoms with van der Waals surface area (Å²) in [4.78, 5) is 0. The second kappa shape index (κ2) is 6.12. The molecule has 1 heterocycles. The highest BCUT2D eigenvalue weighted by Gasteiger charge is 2.17. The standard InChI is InChI=1S/C13H16ClFN4/c1-3-16-12(7-9-8-19(2)18-17-9)10-5-4-6-11(15)13(10)14/h4-6,8,12,16H,3,7H2,1-2H3. The first-order valence-electron chi connectivity index (χ1n) is 6.14. The van der Waals surface area contributed by atoms with Crippen molar-refractivity contribution in [3.63, 3.8) is 0 Å². The van der Waals surface area contributed by atoms with Crippen LogP contribution in [0, 0.1) is 5.82 Å². The molecule has 1 aromatic heterocycles. The fourth-order valence-corrected chi connectivity index (χ4v) is 2.28. The molecular formula is C13H16ClFN4. The van der Waals surface area contributed by atoms with E-state index >= 15 is 0 Å². The molecule has 0 spiro atoms. The highest BCUT2D eigenvalue weighted by atomic mass is 35.5. The van der Waals surface area contributed by atoms with Crippen LogP contribution in [-0.2, 0) is 13.5 Å². The minimum atomic E-state index is -0.402. The van der Waals surface area contributed by atoms with Crippen molar-refractivity contribution in [2.75, 3.05) is 6.54 Å². The van der Waals surface area contributed by atoms with Gasteiger partial charge in [-0.15, -0.1) is 5.10 Å². The van der Waals surface area contributed by atoms with Crippen LogP contribution in [0.25, 0.3) is 0 Å². The molecule has 1 unspecified atom stereocenters. The topological polar surface area (TPSA) is 42.7 Å². The molecule has 0 amide bonds. The van der Waals surface area contributed by atoms with Gasteiger partial charge in [-0.25, -0.2) is 4.39 Å². The monoisotopic (exact) mass is 282 g/mol. The van der Waals surface area contributed by atoms with Crippen molar-refractivity contribution in [1.29, 1.82) is 0 Å². The van der Waals surface area contributed by atoms with Crippen molar-refractivity contribution >= 4 is 11.6 Å². The van der Waals surface area contributed by atoms with Crippen LogP contribution in [0.5, 0.6) is 0 Å². The van der Waals surface area contributed by atoms with Gasteiger partial charge in [0.05, 0.1) is 10.7 Å². The van der Waals surface area contributed by atoms with Gasteiger partial charge in [-0.2, -0.15) is 0 Å². The van der Waals surface area contributed by atoms with Gasteiger partial charge >= 0.3 is 0 Å². The lowest BCUT2D eigenvalue weighted by Crippen LogP contribution is -2.23. The van der Waals surface area contributed by atoms with E-state index in [9.17, 15) is 4.39 Å². The van der Waals surface area contributed by atoms with Crippen LogP contribution in [0.1, 0.15) is 24.2 Å². The van der Waals surface area contributed by atoms with Crippen molar-refractivity contribution < 1.29 is 4.39 Å². The maximum absolute atomic E-state index is 13.5. The molecular weight excluding hydrogens is 267 g/mol. The van der Waals surface area contributed by atoms with Crippen molar-refractivity contribution in [3.8, 4) is 0 Å². The molecule has 0 aliphatic carbocycles. The van der Waals surface area contributed by atoms with Crippen molar-refractivity contribution in [2.45, 2.75) is 19.4 Å². The lowest BCUT2D eigenvalue weighted by Gasteiger charge is -2.18. The fourth-order valence-electron chi connectivity index (χ4n) is 2.03. The molecule has 4 nitrogen and oxygen atoms in total. The van der Waals surface area contributed by atoms with Crippen molar-refractivity contribution in [2.24, 2.45) is 7.05 Å². The van der Waals surface area contributed by atoms with Gasteiger partial charge in [0.25, 0.3) is 0 Å². The molecule has 6 heteroatoms. The first-order chi connectivity index (χ1) is 9.11. The molecule has 0 fully saturated rings. The van der Waals surface area contributed by atoms with E-state index in [1.165, 1.54) is 6.07 Å². The Labute approximate surface area is 116 Å². The van der Waals surface area contributed by atoms with Gasteiger partial charge in [0, 0.05) is 25.7 Å². The van der Waals surface area contributed by atoms with E-state index in [0.29, 0.717) is 6.42 Å². The summed E-state index contributed by atoms with van der Waals surface area (Å²) in [6.45, 7) is 2.76. The molecule has 0 aliphatic heterocycles. The van der Waals surface area contributed by atoms with Crippen molar-refractivity contribution in [1.82, 2.24) is 20.3 Å². The predicted molar refractivity (Wildman–Crippen MR) is 72.5 cm³/mol. The first kappa shape index (κ1) is 14.0. The highest BCUT2D eigenvalue weighted by Crippen LogP contribution is 2.27. The van der Waals surface area contributed by atoms with Crippen LogP contribution in [0.3, 0.4) is 0 Å². The normalized spacial score (nSPS) is 12.6. The van der Waals surface area contributed by atoms with Crippen LogP contribution in [0.2, 0.25) is 5.02 Å². The molecule has 0 bridgehead atoms. The third kappa shape index (κ3) is 3.30. The van der Waals surface area contributed by atoms with Gasteiger partial charge in [0.2, 0.25) is 0 Å². The molecule has 1 N–H and O–H groups in total. The number of hydrogen-bond donors (Lipinski definition) is 1. The van der Waals surface area contributed by atoms with Gasteiger partial charge in [-0.1, -0.05) is 35.9 Å². The molecule has 0 saturated heterocycles. The smallest absolute Gasteiger partial charge is 0.142 e. The van der Waals surface area contributed by atoms with E-state index < -0.39 is 5.82 Å². The van der Waals surface area contributed by atoms with Crippen LogP contribution in [0.15, 0.2) is 24.4 Å². The van der Waals surface area contributed by atoms with Crippen molar-refractivity contribution in [3.05, 3.63) is 46.5 Å². The number of nitrogens with zero attached hydrogens (tertiary/aromatic N) is 3. The summed E-state index contributed by atoms with van der Waals surface area (Å²) in [6, 6.07) is 4.77. The second-order valence-corrected chi connectivity index (χ2v) is 4.72. The molecule has 0 aliphatic rings. The summed E-state index contributed by atoms with van der Waals surface area (Å²) in [5.41, 5.74) is 1.59. The van der Waals surface area contributed by atoms with Crippen LogP contribution in [0.4, 0.5) is 4.39 Å². The molecule has 0 saturated carbocycles. The van der Waals surface area contributed by atoms with Crippen LogP contribution >= 0.6 is 11.6 Å². The Morgan fingerprint density at radius 2 is 2.26 bits per heavy atom. The average Bonchev–Trinajstić information content (AvgIpc) is 2.78. The summed E-state index contributed by atoms with van der Waals surface area (Å²) in [6.07, 6.45) is 2.46. The SMILES string of the molecule is CCNC(Cc1cn(C)nn1)c1cccc(F)c1Cl. The second-order valence-electron chi connectivity index (χ2n) is 4.34. The van der Waals surface area contributed by atoms with E-state index in [-0.39, 0.29) is 11.1 Å². The molecule has 2 rings (SSSR count). The number of hydrogen-bond acceptors (Lipinski definition) is 3. The Bertz CT molecular complexity index is 555. The number of rotatable bonds is 5. The number of likely N-dealkylation sites (N-methyl/N-ethyl adjacent to an activating group) is 1. The molecule has 102 valence electrons. The van der Waals surface area contributed by atoms with Gasteiger partial charge < -0.3 is 5.32 Å². The average molecular weight is 283 g/mol. The Balaban J connectivity index is 2.26. The quantitative estimate of drug-likeness (QED) is 0.916. The maximum atomic E-state index is 13.5. The third-order valence-electron chi connectivity index (χ3n) is 2.87. The van der Waals surface area contributed by atoms with Crippen LogP contribution < -0.4 is 5.32 Å². The number of aromatic nitrogens is 3. The molecule has 19 heavy (non-hydrogen) atoms. The minimum absolute atomic E-state index is 0.0788. The third-order valence-corrected chi connectivity index (χ3v) is 3.27. The first-order valence-corrected chi connectivity index (χ1v) is 6.52. The van der Waals surface area contributed by atoms with E-state index in [0.717, 1.165) is 17.8 Å². The highest BCUT2D eigenvalue weighted by molar-refractivity contribution is 6.31. The number of halogens is 2. The summed E-state index contributed by atoms with van der Waals surface area (Å²) < 4.78 is 15.2. The van der Waals surface area contributed by atoms with E-state index in [4.69, 9.17) is 11.6 Å². The predicted octanol–water partition coefficient (Wildman–Crippen LogP) is 2.50. The van der Waals surface area contributed by atoms with E-state index in [2.05, 4.69) is 15.6 Å². The summed E-state index contributed by atoms with van der Waals surface area (Å²) in [5.74, 6) is -0.402. The van der Waals surface area contributed by atoms with E-state index in [1.807, 2.05) is 26.2 Å². The van der Waals surface area contributed by atoms with Gasteiger partial charge in [0.1, 0.15) is 5.82 Å². The number of nitrogens with one attached hydrogen (secondary N) is 1. The summed E-state index contributed by atoms with van der Waals surface area (Å²) in [7, 11) is 1.81. The van der Waals surface area contributed by atoms with E-state index in [1.54, 1.807) is 10.7 Å². The lowest BCUT2D eigenvalue weighted by atomic mass is 10.0. The lowest BCUT2D eigenvalue weighted by molar-refractivity contribution is 0.537. The van der Waals surface area contributed by atoms with Crippen LogP contribution in [-0.4, -0.2) is 21.5 Å². The van der Waals surface area contributed by atoms with Gasteiger partial charge in [-0.3, -0.25) is 4.68 Å². The zero-order chi connectivity index (χ0) is 13.8. The molecule has 0 radical (unpaired) electrons. The largest absolute Gasteiger partial charge is 0.310 e. The Kier molecular flexibility index (Phi) is 4.50. The summed E-state index contributed by atoms with van der Waals surface area (Å²) in [5, 5.41) is 11.4. The fraction of sp³-hybridized carbons (Fsp3) is 0.385. The van der Waals surface area contributed by atoms with Gasteiger partial charge in [-0.05, 0) is 18.2 Å². The zero-order valence-corrected chi connectivity index (χ0v) is 11.7. The Hall–Kier alpha value is -1.46. The number of aryl methyl sites for hydroxylation is 1. The molecule has 1 atom stereocenters. The zero-order valence-electron chi connectivity index (χ0n) is 10.9. The van der Waals surface area contributed by atoms with Gasteiger partial charge in [0.15, 0.2) is 0 Å². The number of benzene rings is 1. The minimum Gasteiger partial charge on any atom is -0.310 e. The maximum Gasteiger partial charge on any atom is 0.142 e. The summed E-state index contributed by atoms with van der Waals surface area (Å²) >= 11 is 6.04. The molecule has 2 aromatic rings. The molecule has 1 aromatic carbocycles.